The minimum Gasteiger partial charge on any atom is -0.225 e. The second-order valence-electron chi connectivity index (χ2n) is 2.85. The van der Waals surface area contributed by atoms with Crippen LogP contribution in [0.5, 0.6) is 0 Å². The molecular formula is C10H5BrClN3. The van der Waals surface area contributed by atoms with E-state index in [0.717, 1.165) is 5.69 Å². The molecule has 2 aromatic rings. The van der Waals surface area contributed by atoms with Crippen LogP contribution in [0.15, 0.2) is 35.1 Å². The molecule has 0 radical (unpaired) electrons. The van der Waals surface area contributed by atoms with Crippen molar-refractivity contribution in [2.45, 2.75) is 0 Å². The van der Waals surface area contributed by atoms with Crippen molar-refractivity contribution < 1.29 is 0 Å². The van der Waals surface area contributed by atoms with E-state index in [1.54, 1.807) is 16.8 Å². The molecule has 0 unspecified atom stereocenters. The molecule has 0 aliphatic carbocycles. The van der Waals surface area contributed by atoms with Crippen LogP contribution in [0.25, 0.3) is 5.69 Å². The van der Waals surface area contributed by atoms with Crippen LogP contribution in [-0.4, -0.2) is 9.78 Å². The highest BCUT2D eigenvalue weighted by molar-refractivity contribution is 9.10. The number of nitriles is 1. The number of hydrogen-bond acceptors (Lipinski definition) is 2. The van der Waals surface area contributed by atoms with Crippen molar-refractivity contribution in [3.05, 3.63) is 45.7 Å². The predicted molar refractivity (Wildman–Crippen MR) is 61.0 cm³/mol. The van der Waals surface area contributed by atoms with Crippen molar-refractivity contribution >= 4 is 27.5 Å². The maximum Gasteiger partial charge on any atom is 0.127 e. The Kier molecular flexibility index (Phi) is 2.76. The van der Waals surface area contributed by atoms with Crippen LogP contribution in [0.4, 0.5) is 0 Å². The average molecular weight is 283 g/mol. The zero-order valence-electron chi connectivity index (χ0n) is 7.48. The van der Waals surface area contributed by atoms with Crippen LogP contribution >= 0.6 is 27.5 Å². The van der Waals surface area contributed by atoms with Crippen LogP contribution in [0.2, 0.25) is 5.02 Å². The van der Waals surface area contributed by atoms with Gasteiger partial charge in [-0.25, -0.2) is 4.68 Å². The molecule has 15 heavy (non-hydrogen) atoms. The van der Waals surface area contributed by atoms with E-state index in [4.69, 9.17) is 16.9 Å². The average Bonchev–Trinajstić information content (AvgIpc) is 2.59. The highest BCUT2D eigenvalue weighted by atomic mass is 79.9. The summed E-state index contributed by atoms with van der Waals surface area (Å²) in [4.78, 5) is 0. The maximum atomic E-state index is 8.77. The third kappa shape index (κ3) is 1.89. The molecule has 0 fully saturated rings. The second kappa shape index (κ2) is 4.05. The number of nitrogens with zero attached hydrogens (tertiary/aromatic N) is 3. The van der Waals surface area contributed by atoms with E-state index < -0.39 is 0 Å². The SMILES string of the molecule is N#Cc1cnn(-c2cccc(Cl)c2)c1Br. The van der Waals surface area contributed by atoms with Gasteiger partial charge in [-0.3, -0.25) is 0 Å². The lowest BCUT2D eigenvalue weighted by atomic mass is 10.3. The van der Waals surface area contributed by atoms with Gasteiger partial charge in [0.25, 0.3) is 0 Å². The summed E-state index contributed by atoms with van der Waals surface area (Å²) in [6, 6.07) is 9.30. The van der Waals surface area contributed by atoms with Crippen molar-refractivity contribution in [1.82, 2.24) is 9.78 Å². The highest BCUT2D eigenvalue weighted by Crippen LogP contribution is 2.21. The number of halogens is 2. The molecule has 0 saturated carbocycles. The highest BCUT2D eigenvalue weighted by Gasteiger charge is 2.08. The van der Waals surface area contributed by atoms with Gasteiger partial charge in [-0.05, 0) is 34.1 Å². The molecule has 0 N–H and O–H groups in total. The Morgan fingerprint density at radius 1 is 1.47 bits per heavy atom. The summed E-state index contributed by atoms with van der Waals surface area (Å²) in [6.45, 7) is 0. The Morgan fingerprint density at radius 2 is 2.27 bits per heavy atom. The first-order chi connectivity index (χ1) is 7.22. The van der Waals surface area contributed by atoms with Crippen molar-refractivity contribution in [3.8, 4) is 11.8 Å². The first-order valence-corrected chi connectivity index (χ1v) is 5.29. The molecule has 0 saturated heterocycles. The van der Waals surface area contributed by atoms with E-state index in [-0.39, 0.29) is 0 Å². The third-order valence-electron chi connectivity index (χ3n) is 1.88. The number of aromatic nitrogens is 2. The Bertz CT molecular complexity index is 542. The van der Waals surface area contributed by atoms with Gasteiger partial charge in [0.05, 0.1) is 11.9 Å². The third-order valence-corrected chi connectivity index (χ3v) is 2.88. The summed E-state index contributed by atoms with van der Waals surface area (Å²) in [7, 11) is 0. The first-order valence-electron chi connectivity index (χ1n) is 4.12. The van der Waals surface area contributed by atoms with E-state index in [0.29, 0.717) is 15.2 Å². The van der Waals surface area contributed by atoms with Crippen molar-refractivity contribution in [1.29, 1.82) is 5.26 Å². The summed E-state index contributed by atoms with van der Waals surface area (Å²) in [5.74, 6) is 0. The number of hydrogen-bond donors (Lipinski definition) is 0. The summed E-state index contributed by atoms with van der Waals surface area (Å²) in [6.07, 6.45) is 1.50. The second-order valence-corrected chi connectivity index (χ2v) is 4.04. The lowest BCUT2D eigenvalue weighted by Gasteiger charge is -2.02. The van der Waals surface area contributed by atoms with Crippen LogP contribution in [-0.2, 0) is 0 Å². The molecular weight excluding hydrogens is 277 g/mol. The molecule has 5 heteroatoms. The molecule has 0 bridgehead atoms. The van der Waals surface area contributed by atoms with E-state index in [9.17, 15) is 0 Å². The molecule has 0 atom stereocenters. The Labute approximate surface area is 100 Å². The van der Waals surface area contributed by atoms with Crippen molar-refractivity contribution in [2.24, 2.45) is 0 Å². The van der Waals surface area contributed by atoms with Crippen molar-refractivity contribution in [3.63, 3.8) is 0 Å². The standard InChI is InChI=1S/C10H5BrClN3/c11-10-7(5-13)6-14-15(10)9-3-1-2-8(12)4-9/h1-4,6H. The molecule has 0 amide bonds. The quantitative estimate of drug-likeness (QED) is 0.806. The van der Waals surface area contributed by atoms with Crippen LogP contribution in [0, 0.1) is 11.3 Å². The van der Waals surface area contributed by atoms with E-state index in [1.807, 2.05) is 18.2 Å². The fraction of sp³-hybridized carbons (Fsp3) is 0. The summed E-state index contributed by atoms with van der Waals surface area (Å²) in [5, 5.41) is 13.5. The van der Waals surface area contributed by atoms with Crippen LogP contribution in [0.1, 0.15) is 5.56 Å². The molecule has 1 aromatic heterocycles. The van der Waals surface area contributed by atoms with E-state index in [2.05, 4.69) is 21.0 Å². The molecule has 1 aromatic carbocycles. The van der Waals surface area contributed by atoms with Gasteiger partial charge in [0.15, 0.2) is 0 Å². The Hall–Kier alpha value is -1.31. The molecule has 1 heterocycles. The Balaban J connectivity index is 2.56. The van der Waals surface area contributed by atoms with Gasteiger partial charge in [-0.15, -0.1) is 0 Å². The van der Waals surface area contributed by atoms with Gasteiger partial charge >= 0.3 is 0 Å². The van der Waals surface area contributed by atoms with Gasteiger partial charge in [0, 0.05) is 5.02 Å². The fourth-order valence-corrected chi connectivity index (χ4v) is 1.87. The smallest absolute Gasteiger partial charge is 0.127 e. The first kappa shape index (κ1) is 10.2. The van der Waals surface area contributed by atoms with Gasteiger partial charge in [-0.1, -0.05) is 17.7 Å². The fourth-order valence-electron chi connectivity index (χ4n) is 1.20. The topological polar surface area (TPSA) is 41.6 Å². The molecule has 0 aliphatic rings. The van der Waals surface area contributed by atoms with Crippen LogP contribution in [0.3, 0.4) is 0 Å². The number of rotatable bonds is 1. The minimum absolute atomic E-state index is 0.495. The zero-order valence-corrected chi connectivity index (χ0v) is 9.83. The molecule has 74 valence electrons. The summed E-state index contributed by atoms with van der Waals surface area (Å²) < 4.78 is 2.25. The molecule has 0 spiro atoms. The van der Waals surface area contributed by atoms with Crippen molar-refractivity contribution in [2.75, 3.05) is 0 Å². The zero-order chi connectivity index (χ0) is 10.8. The van der Waals surface area contributed by atoms with E-state index in [1.165, 1.54) is 6.20 Å². The Morgan fingerprint density at radius 3 is 2.87 bits per heavy atom. The largest absolute Gasteiger partial charge is 0.225 e. The van der Waals surface area contributed by atoms with Gasteiger partial charge in [-0.2, -0.15) is 10.4 Å². The monoisotopic (exact) mass is 281 g/mol. The van der Waals surface area contributed by atoms with Gasteiger partial charge in [0.1, 0.15) is 16.2 Å². The van der Waals surface area contributed by atoms with Gasteiger partial charge in [0.2, 0.25) is 0 Å². The normalized spacial score (nSPS) is 9.93. The number of benzene rings is 1. The maximum absolute atomic E-state index is 8.77. The predicted octanol–water partition coefficient (Wildman–Crippen LogP) is 3.16. The molecule has 0 aliphatic heterocycles. The summed E-state index contributed by atoms with van der Waals surface area (Å²) >= 11 is 9.17. The lowest BCUT2D eigenvalue weighted by molar-refractivity contribution is 0.860. The molecule has 2 rings (SSSR count). The van der Waals surface area contributed by atoms with E-state index >= 15 is 0 Å². The lowest BCUT2D eigenvalue weighted by Crippen LogP contribution is -1.95. The molecule has 3 nitrogen and oxygen atoms in total. The van der Waals surface area contributed by atoms with Crippen LogP contribution < -0.4 is 0 Å². The van der Waals surface area contributed by atoms with Gasteiger partial charge < -0.3 is 0 Å². The minimum atomic E-state index is 0.495. The summed E-state index contributed by atoms with van der Waals surface area (Å²) in [5.41, 5.74) is 1.31.